The van der Waals surface area contributed by atoms with E-state index in [1.54, 1.807) is 0 Å². The lowest BCUT2D eigenvalue weighted by Crippen LogP contribution is -2.65. The van der Waals surface area contributed by atoms with Crippen LogP contribution in [0.5, 0.6) is 0 Å². The Hall–Kier alpha value is -2.17. The highest BCUT2D eigenvalue weighted by Gasteiger charge is 2.71. The molecular weight excluding hydrogens is 620 g/mol. The van der Waals surface area contributed by atoms with Crippen molar-refractivity contribution in [1.82, 2.24) is 0 Å². The van der Waals surface area contributed by atoms with E-state index in [1.165, 1.54) is 55.1 Å². The first-order valence-electron chi connectivity index (χ1n) is 20.2. The lowest BCUT2D eigenvalue weighted by atomic mass is 9.32. The van der Waals surface area contributed by atoms with Crippen LogP contribution in [0.15, 0.2) is 35.5 Å². The monoisotopic (exact) mass is 686 g/mol. The number of carbonyl (C=O) groups is 3. The molecule has 1 spiro atoms. The fourth-order valence-corrected chi connectivity index (χ4v) is 14.9. The third-order valence-corrected chi connectivity index (χ3v) is 17.1. The SMILES string of the molecule is C=C(C)[C@@H]1CC[C@]2(C=O)CC[C@]3(C)[C@H](CC[C@@H]4[C@@]5(C)CC=C(C6=CC7(C6)CC(C(=O)OC(C)C)(C(=O)OC(C)C)C7)C(C)(C)[C@@H]5CC[C@]43C)[C@@H]12. The van der Waals surface area contributed by atoms with Gasteiger partial charge in [0, 0.05) is 5.41 Å². The molecule has 5 heteroatoms. The average molecular weight is 687 g/mol. The molecule has 5 fully saturated rings. The number of aldehydes is 1. The minimum Gasteiger partial charge on any atom is -0.462 e. The van der Waals surface area contributed by atoms with Crippen LogP contribution in [-0.4, -0.2) is 30.4 Å². The Kier molecular flexibility index (Phi) is 8.26. The third-order valence-electron chi connectivity index (χ3n) is 17.1. The van der Waals surface area contributed by atoms with E-state index < -0.39 is 17.4 Å². The lowest BCUT2D eigenvalue weighted by molar-refractivity contribution is -0.224. The molecule has 7 aliphatic rings. The number of ether oxygens (including phenoxy) is 2. The molecule has 0 amide bonds. The van der Waals surface area contributed by atoms with Crippen LogP contribution in [0, 0.1) is 67.5 Å². The van der Waals surface area contributed by atoms with E-state index in [0.29, 0.717) is 42.4 Å². The predicted molar refractivity (Wildman–Crippen MR) is 198 cm³/mol. The molecule has 7 aliphatic carbocycles. The van der Waals surface area contributed by atoms with Crippen LogP contribution in [0.1, 0.15) is 146 Å². The summed E-state index contributed by atoms with van der Waals surface area (Å²) < 4.78 is 11.2. The molecule has 0 heterocycles. The van der Waals surface area contributed by atoms with Crippen LogP contribution in [0.3, 0.4) is 0 Å². The van der Waals surface area contributed by atoms with Gasteiger partial charge in [-0.1, -0.05) is 58.9 Å². The number of carbonyl (C=O) groups excluding carboxylic acids is 3. The first-order valence-corrected chi connectivity index (χ1v) is 20.2. The van der Waals surface area contributed by atoms with E-state index in [0.717, 1.165) is 32.1 Å². The summed E-state index contributed by atoms with van der Waals surface area (Å²) in [6, 6.07) is 0. The maximum absolute atomic E-state index is 13.3. The van der Waals surface area contributed by atoms with Crippen molar-refractivity contribution in [3.63, 3.8) is 0 Å². The number of hydrogen-bond acceptors (Lipinski definition) is 5. The molecule has 0 radical (unpaired) electrons. The molecule has 7 rings (SSSR count). The molecule has 0 aliphatic heterocycles. The van der Waals surface area contributed by atoms with Crippen LogP contribution in [0.2, 0.25) is 0 Å². The Morgan fingerprint density at radius 1 is 0.840 bits per heavy atom. The molecule has 0 unspecified atom stereocenters. The first kappa shape index (κ1) is 36.2. The van der Waals surface area contributed by atoms with E-state index in [4.69, 9.17) is 9.47 Å². The Morgan fingerprint density at radius 2 is 1.46 bits per heavy atom. The summed E-state index contributed by atoms with van der Waals surface area (Å²) in [5.74, 6) is 1.94. The number of allylic oxidation sites excluding steroid dienone is 5. The second-order valence-electron chi connectivity index (χ2n) is 20.6. The Labute approximate surface area is 302 Å². The second-order valence-corrected chi connectivity index (χ2v) is 20.6. The van der Waals surface area contributed by atoms with Crippen molar-refractivity contribution in [1.29, 1.82) is 0 Å². The van der Waals surface area contributed by atoms with Crippen LogP contribution in [0.25, 0.3) is 0 Å². The fraction of sp³-hybridized carbons (Fsp3) is 0.800. The summed E-state index contributed by atoms with van der Waals surface area (Å²) in [6.07, 6.45) is 18.3. The largest absolute Gasteiger partial charge is 0.462 e. The topological polar surface area (TPSA) is 69.7 Å². The highest BCUT2D eigenvalue weighted by atomic mass is 16.6. The highest BCUT2D eigenvalue weighted by Crippen LogP contribution is 2.78. The Morgan fingerprint density at radius 3 is 2.02 bits per heavy atom. The maximum Gasteiger partial charge on any atom is 0.323 e. The Balaban J connectivity index is 1.14. The molecule has 9 atom stereocenters. The molecule has 0 bridgehead atoms. The summed E-state index contributed by atoms with van der Waals surface area (Å²) in [5.41, 5.74) is 3.53. The van der Waals surface area contributed by atoms with Crippen molar-refractivity contribution in [2.24, 2.45) is 67.5 Å². The number of hydrogen-bond donors (Lipinski definition) is 0. The molecule has 0 aromatic carbocycles. The number of esters is 2. The van der Waals surface area contributed by atoms with Crippen molar-refractivity contribution < 1.29 is 23.9 Å². The van der Waals surface area contributed by atoms with Gasteiger partial charge in [-0.15, -0.1) is 0 Å². The van der Waals surface area contributed by atoms with Gasteiger partial charge in [0.05, 0.1) is 12.2 Å². The van der Waals surface area contributed by atoms with Crippen molar-refractivity contribution in [3.05, 3.63) is 35.5 Å². The summed E-state index contributed by atoms with van der Waals surface area (Å²) >= 11 is 0. The quantitative estimate of drug-likeness (QED) is 0.115. The van der Waals surface area contributed by atoms with Crippen molar-refractivity contribution in [2.75, 3.05) is 0 Å². The zero-order valence-corrected chi connectivity index (χ0v) is 33.0. The van der Waals surface area contributed by atoms with Gasteiger partial charge in [0.2, 0.25) is 0 Å². The van der Waals surface area contributed by atoms with Gasteiger partial charge in [0.1, 0.15) is 6.29 Å². The van der Waals surface area contributed by atoms with Crippen LogP contribution < -0.4 is 0 Å². The van der Waals surface area contributed by atoms with Crippen LogP contribution >= 0.6 is 0 Å². The van der Waals surface area contributed by atoms with Crippen LogP contribution in [0.4, 0.5) is 0 Å². The standard InChI is InChI=1S/C45H66O5/c1-27(2)31-14-19-44(26-46)21-20-41(10)33(36(31)44)12-13-35-40(9)17-15-32(39(7,8)34(40)16-18-42(35,41)11)30-22-43(23-30)24-45(25-43,37(47)49-28(3)4)38(48)50-29(5)6/h15,22,26,28-29,31,33-36H,1,12-14,16-21,23-25H2,2-11H3/t31-,33+,34-,35+,36+,40-,41+,42+,44+/m0/s1. The average Bonchev–Trinajstić information content (AvgIpc) is 3.37. The van der Waals surface area contributed by atoms with Gasteiger partial charge < -0.3 is 14.3 Å². The smallest absolute Gasteiger partial charge is 0.323 e. The van der Waals surface area contributed by atoms with Gasteiger partial charge in [-0.25, -0.2) is 0 Å². The predicted octanol–water partition coefficient (Wildman–Crippen LogP) is 10.4. The zero-order chi connectivity index (χ0) is 36.4. The van der Waals surface area contributed by atoms with Gasteiger partial charge in [0.15, 0.2) is 5.41 Å². The molecule has 0 aromatic heterocycles. The van der Waals surface area contributed by atoms with Crippen molar-refractivity contribution in [2.45, 2.75) is 158 Å². The summed E-state index contributed by atoms with van der Waals surface area (Å²) in [6.45, 7) is 27.0. The fourth-order valence-electron chi connectivity index (χ4n) is 14.9. The summed E-state index contributed by atoms with van der Waals surface area (Å²) in [4.78, 5) is 39.4. The molecule has 0 saturated heterocycles. The van der Waals surface area contributed by atoms with Gasteiger partial charge in [-0.3, -0.25) is 9.59 Å². The molecule has 0 aromatic rings. The van der Waals surface area contributed by atoms with E-state index in [9.17, 15) is 14.4 Å². The van der Waals surface area contributed by atoms with Gasteiger partial charge >= 0.3 is 11.9 Å². The number of rotatable bonds is 7. The minimum atomic E-state index is -1.19. The van der Waals surface area contributed by atoms with Gasteiger partial charge in [0.25, 0.3) is 0 Å². The van der Waals surface area contributed by atoms with Gasteiger partial charge in [-0.2, -0.15) is 0 Å². The molecular formula is C45H66O5. The molecule has 5 nitrogen and oxygen atoms in total. The van der Waals surface area contributed by atoms with Gasteiger partial charge in [-0.05, 0) is 179 Å². The molecule has 5 saturated carbocycles. The van der Waals surface area contributed by atoms with E-state index in [1.807, 2.05) is 27.7 Å². The maximum atomic E-state index is 13.3. The minimum absolute atomic E-state index is 0.0449. The highest BCUT2D eigenvalue weighted by molar-refractivity contribution is 6.02. The molecule has 276 valence electrons. The number of fused-ring (bicyclic) bond motifs is 7. The third kappa shape index (κ3) is 4.71. The second kappa shape index (κ2) is 11.4. The Bertz CT molecular complexity index is 1510. The zero-order valence-electron chi connectivity index (χ0n) is 33.0. The molecule has 50 heavy (non-hydrogen) atoms. The first-order chi connectivity index (χ1) is 23.2. The van der Waals surface area contributed by atoms with E-state index in [-0.39, 0.29) is 44.7 Å². The molecule has 0 N–H and O–H groups in total. The summed E-state index contributed by atoms with van der Waals surface area (Å²) in [5, 5.41) is 0. The normalized spacial score (nSPS) is 43.2. The van der Waals surface area contributed by atoms with Crippen LogP contribution in [-0.2, 0) is 23.9 Å². The lowest BCUT2D eigenvalue weighted by Gasteiger charge is -2.72. The van der Waals surface area contributed by atoms with Crippen molar-refractivity contribution >= 4 is 18.2 Å². The van der Waals surface area contributed by atoms with Crippen molar-refractivity contribution in [3.8, 4) is 0 Å². The van der Waals surface area contributed by atoms with E-state index >= 15 is 0 Å². The van der Waals surface area contributed by atoms with E-state index in [2.05, 4.69) is 60.3 Å². The summed E-state index contributed by atoms with van der Waals surface area (Å²) in [7, 11) is 0.